The molecule has 0 aliphatic rings. The first kappa shape index (κ1) is 13.0. The number of benzene rings is 1. The molecule has 0 amide bonds. The highest BCUT2D eigenvalue weighted by Gasteiger charge is 2.09. The van der Waals surface area contributed by atoms with Gasteiger partial charge in [0.25, 0.3) is 0 Å². The van der Waals surface area contributed by atoms with Gasteiger partial charge in [0, 0.05) is 0 Å². The van der Waals surface area contributed by atoms with Gasteiger partial charge >= 0.3 is 0 Å². The summed E-state index contributed by atoms with van der Waals surface area (Å²) in [4.78, 5) is 0. The van der Waals surface area contributed by atoms with E-state index in [0.29, 0.717) is 18.6 Å². The van der Waals surface area contributed by atoms with E-state index in [2.05, 4.69) is 32.6 Å². The van der Waals surface area contributed by atoms with Gasteiger partial charge in [0.2, 0.25) is 0 Å². The Morgan fingerprint density at radius 2 is 1.94 bits per heavy atom. The molecule has 0 fully saturated rings. The van der Waals surface area contributed by atoms with E-state index in [4.69, 9.17) is 4.74 Å². The second-order valence-corrected chi connectivity index (χ2v) is 4.57. The molecule has 0 aliphatic carbocycles. The molecule has 88 valence electrons. The molecule has 1 aromatic rings. The van der Waals surface area contributed by atoms with Crippen LogP contribution in [-0.2, 0) is 11.3 Å². The standard InChI is InChI=1S/C15H22O/c1-4-8-15(11-13(2)3)16-12-14-9-6-5-7-10-14/h4-7,9-10,13,15H,1,8,11-12H2,2-3H3. The minimum atomic E-state index is 0.303. The molecule has 1 atom stereocenters. The van der Waals surface area contributed by atoms with Crippen molar-refractivity contribution in [2.24, 2.45) is 5.92 Å². The molecule has 1 nitrogen and oxygen atoms in total. The molecule has 0 radical (unpaired) electrons. The molecular formula is C15H22O. The largest absolute Gasteiger partial charge is 0.373 e. The lowest BCUT2D eigenvalue weighted by Crippen LogP contribution is -2.14. The van der Waals surface area contributed by atoms with Crippen molar-refractivity contribution in [1.29, 1.82) is 0 Å². The normalized spacial score (nSPS) is 12.7. The molecular weight excluding hydrogens is 196 g/mol. The fourth-order valence-corrected chi connectivity index (χ4v) is 1.73. The average molecular weight is 218 g/mol. The Morgan fingerprint density at radius 1 is 1.25 bits per heavy atom. The minimum Gasteiger partial charge on any atom is -0.373 e. The number of hydrogen-bond donors (Lipinski definition) is 0. The molecule has 0 aliphatic heterocycles. The average Bonchev–Trinajstić information content (AvgIpc) is 2.27. The van der Waals surface area contributed by atoms with E-state index in [1.165, 1.54) is 5.56 Å². The van der Waals surface area contributed by atoms with Crippen molar-refractivity contribution < 1.29 is 4.74 Å². The Bertz CT molecular complexity index is 290. The van der Waals surface area contributed by atoms with Gasteiger partial charge < -0.3 is 4.74 Å². The summed E-state index contributed by atoms with van der Waals surface area (Å²) in [5, 5.41) is 0. The predicted octanol–water partition coefficient (Wildman–Crippen LogP) is 4.19. The Labute approximate surface area is 99.1 Å². The van der Waals surface area contributed by atoms with Crippen LogP contribution in [0.15, 0.2) is 43.0 Å². The van der Waals surface area contributed by atoms with E-state index in [1.54, 1.807) is 0 Å². The summed E-state index contributed by atoms with van der Waals surface area (Å²) >= 11 is 0. The fourth-order valence-electron chi connectivity index (χ4n) is 1.73. The van der Waals surface area contributed by atoms with Crippen molar-refractivity contribution in [3.05, 3.63) is 48.6 Å². The van der Waals surface area contributed by atoms with Gasteiger partial charge in [-0.3, -0.25) is 0 Å². The van der Waals surface area contributed by atoms with Crippen LogP contribution in [0.25, 0.3) is 0 Å². The van der Waals surface area contributed by atoms with Gasteiger partial charge in [-0.15, -0.1) is 6.58 Å². The number of hydrogen-bond acceptors (Lipinski definition) is 1. The zero-order chi connectivity index (χ0) is 11.8. The van der Waals surface area contributed by atoms with E-state index in [-0.39, 0.29) is 0 Å². The van der Waals surface area contributed by atoms with Crippen molar-refractivity contribution in [2.45, 2.75) is 39.4 Å². The fraction of sp³-hybridized carbons (Fsp3) is 0.467. The smallest absolute Gasteiger partial charge is 0.0720 e. The topological polar surface area (TPSA) is 9.23 Å². The van der Waals surface area contributed by atoms with Crippen LogP contribution in [0.2, 0.25) is 0 Å². The van der Waals surface area contributed by atoms with Gasteiger partial charge in [0.05, 0.1) is 12.7 Å². The Hall–Kier alpha value is -1.08. The number of ether oxygens (including phenoxy) is 1. The summed E-state index contributed by atoms with van der Waals surface area (Å²) in [6.45, 7) is 8.93. The van der Waals surface area contributed by atoms with Gasteiger partial charge in [-0.05, 0) is 24.3 Å². The minimum absolute atomic E-state index is 0.303. The lowest BCUT2D eigenvalue weighted by Gasteiger charge is -2.18. The summed E-state index contributed by atoms with van der Waals surface area (Å²) in [6.07, 6.45) is 4.28. The number of rotatable bonds is 7. The quantitative estimate of drug-likeness (QED) is 0.623. The molecule has 0 spiro atoms. The molecule has 1 heteroatoms. The summed E-state index contributed by atoms with van der Waals surface area (Å²) in [6, 6.07) is 10.3. The first-order valence-corrected chi connectivity index (χ1v) is 5.98. The van der Waals surface area contributed by atoms with Crippen LogP contribution in [-0.4, -0.2) is 6.10 Å². The van der Waals surface area contributed by atoms with Crippen LogP contribution < -0.4 is 0 Å². The summed E-state index contributed by atoms with van der Waals surface area (Å²) in [7, 11) is 0. The van der Waals surface area contributed by atoms with E-state index >= 15 is 0 Å². The van der Waals surface area contributed by atoms with Crippen molar-refractivity contribution in [1.82, 2.24) is 0 Å². The zero-order valence-corrected chi connectivity index (χ0v) is 10.4. The SMILES string of the molecule is C=CCC(CC(C)C)OCc1ccccc1. The van der Waals surface area contributed by atoms with E-state index in [9.17, 15) is 0 Å². The van der Waals surface area contributed by atoms with Gasteiger partial charge in [0.1, 0.15) is 0 Å². The summed E-state index contributed by atoms with van der Waals surface area (Å²) < 4.78 is 5.91. The van der Waals surface area contributed by atoms with E-state index < -0.39 is 0 Å². The Balaban J connectivity index is 2.40. The van der Waals surface area contributed by atoms with E-state index in [1.807, 2.05) is 24.3 Å². The van der Waals surface area contributed by atoms with Crippen molar-refractivity contribution in [2.75, 3.05) is 0 Å². The van der Waals surface area contributed by atoms with Gasteiger partial charge in [0.15, 0.2) is 0 Å². The molecule has 0 bridgehead atoms. The van der Waals surface area contributed by atoms with Crippen LogP contribution in [0.4, 0.5) is 0 Å². The van der Waals surface area contributed by atoms with E-state index in [0.717, 1.165) is 12.8 Å². The maximum absolute atomic E-state index is 5.91. The van der Waals surface area contributed by atoms with Crippen LogP contribution in [0.3, 0.4) is 0 Å². The molecule has 0 saturated heterocycles. The second-order valence-electron chi connectivity index (χ2n) is 4.57. The molecule has 0 aromatic heterocycles. The third-order valence-electron chi connectivity index (χ3n) is 2.49. The molecule has 1 aromatic carbocycles. The maximum Gasteiger partial charge on any atom is 0.0720 e. The predicted molar refractivity (Wildman–Crippen MR) is 69.3 cm³/mol. The van der Waals surface area contributed by atoms with Crippen LogP contribution in [0.5, 0.6) is 0 Å². The van der Waals surface area contributed by atoms with Crippen LogP contribution in [0, 0.1) is 5.92 Å². The first-order chi connectivity index (χ1) is 7.72. The van der Waals surface area contributed by atoms with Crippen molar-refractivity contribution in [3.63, 3.8) is 0 Å². The monoisotopic (exact) mass is 218 g/mol. The van der Waals surface area contributed by atoms with Gasteiger partial charge in [-0.1, -0.05) is 50.3 Å². The first-order valence-electron chi connectivity index (χ1n) is 5.98. The second kappa shape index (κ2) is 7.24. The molecule has 16 heavy (non-hydrogen) atoms. The Morgan fingerprint density at radius 3 is 2.50 bits per heavy atom. The van der Waals surface area contributed by atoms with Crippen molar-refractivity contribution in [3.8, 4) is 0 Å². The molecule has 0 heterocycles. The van der Waals surface area contributed by atoms with Crippen LogP contribution in [0.1, 0.15) is 32.3 Å². The lowest BCUT2D eigenvalue weighted by molar-refractivity contribution is 0.0292. The molecule has 1 rings (SSSR count). The highest BCUT2D eigenvalue weighted by Crippen LogP contribution is 2.14. The molecule has 0 N–H and O–H groups in total. The Kier molecular flexibility index (Phi) is 5.87. The van der Waals surface area contributed by atoms with Crippen molar-refractivity contribution >= 4 is 0 Å². The maximum atomic E-state index is 5.91. The van der Waals surface area contributed by atoms with Gasteiger partial charge in [-0.25, -0.2) is 0 Å². The highest BCUT2D eigenvalue weighted by atomic mass is 16.5. The highest BCUT2D eigenvalue weighted by molar-refractivity contribution is 5.13. The molecule has 1 unspecified atom stereocenters. The third kappa shape index (κ3) is 5.13. The van der Waals surface area contributed by atoms with Crippen LogP contribution >= 0.6 is 0 Å². The molecule has 0 saturated carbocycles. The summed E-state index contributed by atoms with van der Waals surface area (Å²) in [5.74, 6) is 0.667. The lowest BCUT2D eigenvalue weighted by atomic mass is 10.0. The third-order valence-corrected chi connectivity index (χ3v) is 2.49. The summed E-state index contributed by atoms with van der Waals surface area (Å²) in [5.41, 5.74) is 1.24. The zero-order valence-electron chi connectivity index (χ0n) is 10.4. The van der Waals surface area contributed by atoms with Gasteiger partial charge in [-0.2, -0.15) is 0 Å².